The first kappa shape index (κ1) is 22.2. The van der Waals surface area contributed by atoms with Crippen molar-refractivity contribution in [1.82, 2.24) is 14.8 Å². The number of benzene rings is 1. The van der Waals surface area contributed by atoms with E-state index in [-0.39, 0.29) is 17.9 Å². The number of fused-ring (bicyclic) bond motifs is 3. The molecule has 2 aliphatic rings. The van der Waals surface area contributed by atoms with E-state index in [9.17, 15) is 9.59 Å². The van der Waals surface area contributed by atoms with Gasteiger partial charge in [0, 0.05) is 12.6 Å². The number of nitrogens with zero attached hydrogens (tertiary/aromatic N) is 2. The van der Waals surface area contributed by atoms with Gasteiger partial charge in [-0.1, -0.05) is 37.3 Å². The molecule has 1 aromatic carbocycles. The monoisotopic (exact) mass is 463 g/mol. The number of hydrogen-bond donors (Lipinski definition) is 1. The molecule has 174 valence electrons. The number of carbonyl (C=O) groups excluding carboxylic acids is 2. The Labute approximate surface area is 199 Å². The van der Waals surface area contributed by atoms with E-state index in [1.807, 2.05) is 36.1 Å². The Balaban J connectivity index is 1.40. The fourth-order valence-electron chi connectivity index (χ4n) is 5.45. The zero-order valence-electron chi connectivity index (χ0n) is 19.5. The van der Waals surface area contributed by atoms with Crippen molar-refractivity contribution >= 4 is 33.4 Å². The summed E-state index contributed by atoms with van der Waals surface area (Å²) in [4.78, 5) is 29.3. The highest BCUT2D eigenvalue weighted by Gasteiger charge is 2.48. The Bertz CT molecular complexity index is 1140. The Morgan fingerprint density at radius 2 is 1.91 bits per heavy atom. The average Bonchev–Trinajstić information content (AvgIpc) is 3.41. The number of aryl methyl sites for hydroxylation is 1. The minimum atomic E-state index is -0.905. The molecule has 5 nitrogen and oxygen atoms in total. The highest BCUT2D eigenvalue weighted by molar-refractivity contribution is 7.17. The maximum absolute atomic E-state index is 13.7. The second-order valence-electron chi connectivity index (χ2n) is 10.0. The lowest BCUT2D eigenvalue weighted by atomic mass is 9.86. The molecule has 1 fully saturated rings. The summed E-state index contributed by atoms with van der Waals surface area (Å²) < 4.78 is 3.17. The summed E-state index contributed by atoms with van der Waals surface area (Å²) in [5, 5.41) is 5.38. The topological polar surface area (TPSA) is 54.3 Å². The van der Waals surface area contributed by atoms with Crippen LogP contribution in [0.25, 0.3) is 10.2 Å². The molecule has 0 spiro atoms. The Hall–Kier alpha value is -2.60. The van der Waals surface area contributed by atoms with Gasteiger partial charge in [-0.25, -0.2) is 0 Å². The predicted octanol–water partition coefficient (Wildman–Crippen LogP) is 5.25. The Kier molecular flexibility index (Phi) is 6.04. The van der Waals surface area contributed by atoms with Gasteiger partial charge in [0.2, 0.25) is 5.91 Å². The van der Waals surface area contributed by atoms with E-state index in [4.69, 9.17) is 0 Å². The number of carbonyl (C=O) groups is 2. The molecule has 1 aliphatic heterocycles. The molecule has 1 N–H and O–H groups in total. The first-order valence-corrected chi connectivity index (χ1v) is 13.1. The molecule has 1 saturated carbocycles. The summed E-state index contributed by atoms with van der Waals surface area (Å²) >= 11 is 1.64. The molecule has 0 radical (unpaired) electrons. The first-order chi connectivity index (χ1) is 16.0. The Morgan fingerprint density at radius 1 is 1.15 bits per heavy atom. The van der Waals surface area contributed by atoms with E-state index < -0.39 is 5.54 Å². The molecule has 0 saturated heterocycles. The van der Waals surface area contributed by atoms with E-state index in [0.717, 1.165) is 54.7 Å². The minimum Gasteiger partial charge on any atom is -0.351 e. The van der Waals surface area contributed by atoms with Crippen molar-refractivity contribution in [2.45, 2.75) is 70.5 Å². The van der Waals surface area contributed by atoms with Gasteiger partial charge in [0.15, 0.2) is 0 Å². The quantitative estimate of drug-likeness (QED) is 0.543. The van der Waals surface area contributed by atoms with Crippen molar-refractivity contribution in [3.8, 4) is 0 Å². The molecular formula is C27H33N3O2S. The van der Waals surface area contributed by atoms with Gasteiger partial charge in [0.25, 0.3) is 5.91 Å². The average molecular weight is 464 g/mol. The second kappa shape index (κ2) is 8.98. The third-order valence-corrected chi connectivity index (χ3v) is 8.43. The summed E-state index contributed by atoms with van der Waals surface area (Å²) in [6, 6.07) is 14.6. The van der Waals surface area contributed by atoms with Gasteiger partial charge in [0.05, 0.1) is 16.8 Å². The maximum Gasteiger partial charge on any atom is 0.271 e. The van der Waals surface area contributed by atoms with Crippen LogP contribution in [-0.4, -0.2) is 39.4 Å². The third kappa shape index (κ3) is 4.21. The van der Waals surface area contributed by atoms with Gasteiger partial charge >= 0.3 is 0 Å². The van der Waals surface area contributed by atoms with E-state index in [2.05, 4.69) is 40.4 Å². The largest absolute Gasteiger partial charge is 0.351 e. The van der Waals surface area contributed by atoms with Gasteiger partial charge in [0.1, 0.15) is 11.2 Å². The summed E-state index contributed by atoms with van der Waals surface area (Å²) in [5.74, 6) is 0.680. The van der Waals surface area contributed by atoms with Crippen molar-refractivity contribution in [3.05, 3.63) is 59.1 Å². The summed E-state index contributed by atoms with van der Waals surface area (Å²) in [6.45, 7) is 5.30. The molecule has 0 unspecified atom stereocenters. The van der Waals surface area contributed by atoms with Crippen LogP contribution in [0.1, 0.15) is 62.0 Å². The van der Waals surface area contributed by atoms with Gasteiger partial charge in [-0.15, -0.1) is 11.3 Å². The number of amides is 2. The fraction of sp³-hybridized carbons (Fsp3) is 0.481. The smallest absolute Gasteiger partial charge is 0.271 e. The van der Waals surface area contributed by atoms with Crippen LogP contribution in [0.2, 0.25) is 0 Å². The summed E-state index contributed by atoms with van der Waals surface area (Å²) in [7, 11) is 0. The molecule has 1 aliphatic carbocycles. The van der Waals surface area contributed by atoms with Crippen LogP contribution in [0.4, 0.5) is 0 Å². The minimum absolute atomic E-state index is 0.0159. The number of hydrogen-bond acceptors (Lipinski definition) is 3. The molecule has 33 heavy (non-hydrogen) atoms. The lowest BCUT2D eigenvalue weighted by Gasteiger charge is -2.45. The van der Waals surface area contributed by atoms with Gasteiger partial charge < -0.3 is 14.8 Å². The standard InChI is InChI=1S/C27H33N3O2S/c1-19-10-12-21(13-11-19)28-26(32)27(2)18-29-22-14-16-33-24(22)17-23(29)25(31)30(27)15-6-9-20-7-4-3-5-8-20/h3-5,7-8,14,16-17,19,21H,6,9-13,15,18H2,1-2H3,(H,28,32)/t19?,21?,27-/m0/s1. The molecule has 1 atom stereocenters. The molecular weight excluding hydrogens is 430 g/mol. The van der Waals surface area contributed by atoms with Crippen molar-refractivity contribution in [2.24, 2.45) is 5.92 Å². The lowest BCUT2D eigenvalue weighted by Crippen LogP contribution is -2.65. The molecule has 2 aromatic heterocycles. The van der Waals surface area contributed by atoms with E-state index >= 15 is 0 Å². The zero-order chi connectivity index (χ0) is 23.0. The van der Waals surface area contributed by atoms with Gasteiger partial charge in [-0.3, -0.25) is 9.59 Å². The van der Waals surface area contributed by atoms with Crippen LogP contribution in [-0.2, 0) is 17.8 Å². The first-order valence-electron chi connectivity index (χ1n) is 12.2. The number of rotatable bonds is 6. The van der Waals surface area contributed by atoms with Crippen molar-refractivity contribution in [2.75, 3.05) is 6.54 Å². The van der Waals surface area contributed by atoms with Crippen LogP contribution in [0, 0.1) is 5.92 Å². The van der Waals surface area contributed by atoms with E-state index in [0.29, 0.717) is 18.8 Å². The normalized spacial score (nSPS) is 25.3. The third-order valence-electron chi connectivity index (χ3n) is 7.58. The van der Waals surface area contributed by atoms with Gasteiger partial charge in [-0.2, -0.15) is 0 Å². The molecule has 3 aromatic rings. The van der Waals surface area contributed by atoms with Crippen molar-refractivity contribution < 1.29 is 9.59 Å². The molecule has 5 rings (SSSR count). The highest BCUT2D eigenvalue weighted by Crippen LogP contribution is 2.35. The lowest BCUT2D eigenvalue weighted by molar-refractivity contribution is -0.133. The van der Waals surface area contributed by atoms with Crippen LogP contribution in [0.15, 0.2) is 47.8 Å². The summed E-state index contributed by atoms with van der Waals surface area (Å²) in [6.07, 6.45) is 6.06. The van der Waals surface area contributed by atoms with Crippen LogP contribution in [0.5, 0.6) is 0 Å². The van der Waals surface area contributed by atoms with Gasteiger partial charge in [-0.05, 0) is 74.4 Å². The SMILES string of the molecule is CC1CCC(NC(=O)[C@]2(C)Cn3c(cc4sccc43)C(=O)N2CCCc2ccccc2)CC1. The molecule has 0 bridgehead atoms. The van der Waals surface area contributed by atoms with E-state index in [1.54, 1.807) is 11.3 Å². The predicted molar refractivity (Wildman–Crippen MR) is 134 cm³/mol. The second-order valence-corrected chi connectivity index (χ2v) is 11.0. The van der Waals surface area contributed by atoms with Crippen LogP contribution >= 0.6 is 11.3 Å². The fourth-order valence-corrected chi connectivity index (χ4v) is 6.28. The zero-order valence-corrected chi connectivity index (χ0v) is 20.4. The number of thiophene rings is 1. The molecule has 3 heterocycles. The number of aromatic nitrogens is 1. The van der Waals surface area contributed by atoms with Crippen molar-refractivity contribution in [3.63, 3.8) is 0 Å². The van der Waals surface area contributed by atoms with Crippen LogP contribution < -0.4 is 5.32 Å². The van der Waals surface area contributed by atoms with E-state index in [1.165, 1.54) is 5.56 Å². The maximum atomic E-state index is 13.7. The molecule has 2 amide bonds. The number of nitrogens with one attached hydrogen (secondary N) is 1. The van der Waals surface area contributed by atoms with Crippen molar-refractivity contribution in [1.29, 1.82) is 0 Å². The Morgan fingerprint density at radius 3 is 2.67 bits per heavy atom. The summed E-state index contributed by atoms with van der Waals surface area (Å²) in [5.41, 5.74) is 2.11. The van der Waals surface area contributed by atoms with Crippen LogP contribution in [0.3, 0.4) is 0 Å². The highest BCUT2D eigenvalue weighted by atomic mass is 32.1. The molecule has 6 heteroatoms.